The van der Waals surface area contributed by atoms with Crippen molar-refractivity contribution in [3.8, 4) is 6.07 Å². The molecule has 0 aliphatic rings. The van der Waals surface area contributed by atoms with Gasteiger partial charge in [-0.3, -0.25) is 10.1 Å². The standard InChI is InChI=1S/C14H12N4O2/c1-9-3-6-12(7-13(9)18(19)20)17-14-11(8-15)5-4-10(2)16-14/h3-7H,1-2H3,(H,16,17). The molecule has 0 atom stereocenters. The van der Waals surface area contributed by atoms with Crippen LogP contribution in [0.3, 0.4) is 0 Å². The minimum Gasteiger partial charge on any atom is -0.339 e. The smallest absolute Gasteiger partial charge is 0.274 e. The van der Waals surface area contributed by atoms with Crippen molar-refractivity contribution in [3.63, 3.8) is 0 Å². The highest BCUT2D eigenvalue weighted by Crippen LogP contribution is 2.25. The van der Waals surface area contributed by atoms with Crippen molar-refractivity contribution in [3.05, 3.63) is 57.3 Å². The van der Waals surface area contributed by atoms with Crippen LogP contribution in [0.2, 0.25) is 0 Å². The Morgan fingerprint density at radius 1 is 1.30 bits per heavy atom. The first kappa shape index (κ1) is 13.5. The summed E-state index contributed by atoms with van der Waals surface area (Å²) in [6, 6.07) is 10.2. The predicted octanol–water partition coefficient (Wildman–Crippen LogP) is 3.22. The second-order valence-corrected chi connectivity index (χ2v) is 4.34. The molecule has 0 saturated carbocycles. The predicted molar refractivity (Wildman–Crippen MR) is 74.8 cm³/mol. The van der Waals surface area contributed by atoms with E-state index in [9.17, 15) is 10.1 Å². The minimum absolute atomic E-state index is 0.0289. The fraction of sp³-hybridized carbons (Fsp3) is 0.143. The van der Waals surface area contributed by atoms with E-state index >= 15 is 0 Å². The van der Waals surface area contributed by atoms with Crippen LogP contribution in [0.25, 0.3) is 0 Å². The van der Waals surface area contributed by atoms with Crippen LogP contribution in [-0.4, -0.2) is 9.91 Å². The quantitative estimate of drug-likeness (QED) is 0.681. The van der Waals surface area contributed by atoms with E-state index in [0.717, 1.165) is 5.69 Å². The van der Waals surface area contributed by atoms with Gasteiger partial charge in [-0.15, -0.1) is 0 Å². The molecule has 0 saturated heterocycles. The molecule has 6 heteroatoms. The molecule has 20 heavy (non-hydrogen) atoms. The Kier molecular flexibility index (Phi) is 3.62. The fourth-order valence-corrected chi connectivity index (χ4v) is 1.76. The van der Waals surface area contributed by atoms with Crippen LogP contribution in [0.5, 0.6) is 0 Å². The fourth-order valence-electron chi connectivity index (χ4n) is 1.76. The third kappa shape index (κ3) is 2.72. The maximum absolute atomic E-state index is 10.9. The summed E-state index contributed by atoms with van der Waals surface area (Å²) in [6.07, 6.45) is 0. The van der Waals surface area contributed by atoms with Gasteiger partial charge in [0.1, 0.15) is 11.9 Å². The summed E-state index contributed by atoms with van der Waals surface area (Å²) in [6.45, 7) is 3.48. The molecule has 0 spiro atoms. The third-order valence-corrected chi connectivity index (χ3v) is 2.82. The van der Waals surface area contributed by atoms with Crippen LogP contribution >= 0.6 is 0 Å². The molecule has 1 N–H and O–H groups in total. The van der Waals surface area contributed by atoms with E-state index < -0.39 is 4.92 Å². The summed E-state index contributed by atoms with van der Waals surface area (Å²) in [4.78, 5) is 14.7. The average molecular weight is 268 g/mol. The molecule has 1 aromatic heterocycles. The SMILES string of the molecule is Cc1ccc(C#N)c(Nc2ccc(C)c([N+](=O)[O-])c2)n1. The van der Waals surface area contributed by atoms with Crippen molar-refractivity contribution < 1.29 is 4.92 Å². The van der Waals surface area contributed by atoms with Crippen molar-refractivity contribution in [2.45, 2.75) is 13.8 Å². The number of nitro groups is 1. The summed E-state index contributed by atoms with van der Waals surface area (Å²) in [5.74, 6) is 0.394. The number of nitro benzene ring substituents is 1. The molecule has 0 bridgehead atoms. The van der Waals surface area contributed by atoms with Gasteiger partial charge in [0.2, 0.25) is 0 Å². The summed E-state index contributed by atoms with van der Waals surface area (Å²) < 4.78 is 0. The Hall–Kier alpha value is -2.94. The molecule has 0 aliphatic carbocycles. The number of hydrogen-bond donors (Lipinski definition) is 1. The molecule has 100 valence electrons. The zero-order valence-corrected chi connectivity index (χ0v) is 11.0. The van der Waals surface area contributed by atoms with Crippen molar-refractivity contribution in [1.29, 1.82) is 5.26 Å². The number of nitrogens with one attached hydrogen (secondary N) is 1. The van der Waals surface area contributed by atoms with Crippen LogP contribution in [-0.2, 0) is 0 Å². The number of aromatic nitrogens is 1. The molecule has 0 amide bonds. The average Bonchev–Trinajstić information content (AvgIpc) is 2.41. The van der Waals surface area contributed by atoms with Gasteiger partial charge in [-0.25, -0.2) is 4.98 Å². The lowest BCUT2D eigenvalue weighted by atomic mass is 10.1. The Labute approximate surface area is 115 Å². The van der Waals surface area contributed by atoms with Gasteiger partial charge in [0.15, 0.2) is 0 Å². The lowest BCUT2D eigenvalue weighted by molar-refractivity contribution is -0.385. The lowest BCUT2D eigenvalue weighted by Crippen LogP contribution is -2.00. The molecule has 0 fully saturated rings. The maximum Gasteiger partial charge on any atom is 0.274 e. The first-order valence-corrected chi connectivity index (χ1v) is 5.91. The van der Waals surface area contributed by atoms with E-state index in [4.69, 9.17) is 5.26 Å². The summed E-state index contributed by atoms with van der Waals surface area (Å²) in [5.41, 5.74) is 2.28. The molecule has 1 aromatic carbocycles. The van der Waals surface area contributed by atoms with Crippen LogP contribution in [0.1, 0.15) is 16.8 Å². The van der Waals surface area contributed by atoms with E-state index in [-0.39, 0.29) is 5.69 Å². The van der Waals surface area contributed by atoms with E-state index in [1.165, 1.54) is 6.07 Å². The Morgan fingerprint density at radius 2 is 2.05 bits per heavy atom. The van der Waals surface area contributed by atoms with E-state index in [2.05, 4.69) is 10.3 Å². The molecule has 2 rings (SSSR count). The zero-order chi connectivity index (χ0) is 14.7. The van der Waals surface area contributed by atoms with Gasteiger partial charge in [-0.05, 0) is 32.0 Å². The second-order valence-electron chi connectivity index (χ2n) is 4.34. The Bertz CT molecular complexity index is 720. The number of rotatable bonds is 3. The molecule has 1 heterocycles. The largest absolute Gasteiger partial charge is 0.339 e. The Morgan fingerprint density at radius 3 is 2.70 bits per heavy atom. The van der Waals surface area contributed by atoms with Gasteiger partial charge in [0, 0.05) is 23.0 Å². The third-order valence-electron chi connectivity index (χ3n) is 2.82. The Balaban J connectivity index is 2.40. The first-order valence-electron chi connectivity index (χ1n) is 5.91. The number of anilines is 2. The maximum atomic E-state index is 10.9. The highest BCUT2D eigenvalue weighted by atomic mass is 16.6. The van der Waals surface area contributed by atoms with Crippen molar-refractivity contribution >= 4 is 17.2 Å². The van der Waals surface area contributed by atoms with E-state index in [1.54, 1.807) is 31.2 Å². The van der Waals surface area contributed by atoms with Gasteiger partial charge in [-0.2, -0.15) is 5.26 Å². The summed E-state index contributed by atoms with van der Waals surface area (Å²) >= 11 is 0. The number of nitriles is 1. The van der Waals surface area contributed by atoms with Crippen molar-refractivity contribution in [2.75, 3.05) is 5.32 Å². The van der Waals surface area contributed by atoms with Gasteiger partial charge >= 0.3 is 0 Å². The van der Waals surface area contributed by atoms with Crippen LogP contribution < -0.4 is 5.32 Å². The number of hydrogen-bond acceptors (Lipinski definition) is 5. The topological polar surface area (TPSA) is 91.8 Å². The van der Waals surface area contributed by atoms with Crippen LogP contribution in [0.4, 0.5) is 17.2 Å². The molecule has 0 aliphatic heterocycles. The van der Waals surface area contributed by atoms with Gasteiger partial charge in [0.25, 0.3) is 5.69 Å². The second kappa shape index (κ2) is 5.36. The molecule has 6 nitrogen and oxygen atoms in total. The van der Waals surface area contributed by atoms with Crippen LogP contribution in [0, 0.1) is 35.3 Å². The minimum atomic E-state index is -0.435. The molecule has 0 radical (unpaired) electrons. The first-order chi connectivity index (χ1) is 9.51. The van der Waals surface area contributed by atoms with E-state index in [1.807, 2.05) is 13.0 Å². The van der Waals surface area contributed by atoms with Crippen LogP contribution in [0.15, 0.2) is 30.3 Å². The number of benzene rings is 1. The van der Waals surface area contributed by atoms with Gasteiger partial charge in [0.05, 0.1) is 10.5 Å². The highest BCUT2D eigenvalue weighted by Gasteiger charge is 2.12. The number of aryl methyl sites for hydroxylation is 2. The molecular weight excluding hydrogens is 256 g/mol. The lowest BCUT2D eigenvalue weighted by Gasteiger charge is -2.08. The number of nitrogens with zero attached hydrogens (tertiary/aromatic N) is 3. The van der Waals surface area contributed by atoms with Gasteiger partial charge < -0.3 is 5.32 Å². The van der Waals surface area contributed by atoms with E-state index in [0.29, 0.717) is 22.6 Å². The van der Waals surface area contributed by atoms with Gasteiger partial charge in [-0.1, -0.05) is 6.07 Å². The summed E-state index contributed by atoms with van der Waals surface area (Å²) in [7, 11) is 0. The zero-order valence-electron chi connectivity index (χ0n) is 11.0. The molecule has 0 unspecified atom stereocenters. The molecular formula is C14H12N4O2. The highest BCUT2D eigenvalue weighted by molar-refractivity contribution is 5.65. The summed E-state index contributed by atoms with van der Waals surface area (Å²) in [5, 5.41) is 22.9. The number of pyridine rings is 1. The van der Waals surface area contributed by atoms with Crippen molar-refractivity contribution in [2.24, 2.45) is 0 Å². The van der Waals surface area contributed by atoms with Crippen molar-refractivity contribution in [1.82, 2.24) is 4.98 Å². The monoisotopic (exact) mass is 268 g/mol. The molecule has 2 aromatic rings. The normalized spacial score (nSPS) is 9.85.